The molecule has 0 saturated carbocycles. The van der Waals surface area contributed by atoms with E-state index in [1.807, 2.05) is 0 Å². The van der Waals surface area contributed by atoms with Crippen molar-refractivity contribution in [1.29, 1.82) is 0 Å². The lowest BCUT2D eigenvalue weighted by Gasteiger charge is -2.20. The number of carbonyl (C=O) groups excluding carboxylic acids is 1. The second-order valence-electron chi connectivity index (χ2n) is 6.75. The van der Waals surface area contributed by atoms with Crippen molar-refractivity contribution in [2.45, 2.75) is 29.4 Å². The number of halogens is 3. The predicted molar refractivity (Wildman–Crippen MR) is 105 cm³/mol. The summed E-state index contributed by atoms with van der Waals surface area (Å²) in [5, 5.41) is -1.08. The van der Waals surface area contributed by atoms with E-state index >= 15 is 0 Å². The molecule has 0 N–H and O–H groups in total. The van der Waals surface area contributed by atoms with Crippen LogP contribution in [0.25, 0.3) is 0 Å². The summed E-state index contributed by atoms with van der Waals surface area (Å²) in [6.07, 6.45) is 1.02. The minimum absolute atomic E-state index is 0.0820. The van der Waals surface area contributed by atoms with Crippen molar-refractivity contribution in [2.75, 3.05) is 19.7 Å². The van der Waals surface area contributed by atoms with Crippen LogP contribution in [0.3, 0.4) is 0 Å². The molecule has 0 radical (unpaired) electrons. The SMILES string of the molecule is O=C(OCC[C@H](c1cc(F)ccc1F)S(=O)(=O)c1ccc(Cl)cc1)N1CCCC1. The van der Waals surface area contributed by atoms with Crippen LogP contribution in [0.15, 0.2) is 47.4 Å². The molecule has 1 amide bonds. The van der Waals surface area contributed by atoms with E-state index in [9.17, 15) is 22.0 Å². The van der Waals surface area contributed by atoms with Crippen LogP contribution in [0.1, 0.15) is 30.1 Å². The molecule has 0 unspecified atom stereocenters. The summed E-state index contributed by atoms with van der Waals surface area (Å²) in [4.78, 5) is 13.5. The van der Waals surface area contributed by atoms with Crippen LogP contribution in [-0.4, -0.2) is 39.1 Å². The lowest BCUT2D eigenvalue weighted by atomic mass is 10.1. The van der Waals surface area contributed by atoms with Gasteiger partial charge in [-0.25, -0.2) is 22.0 Å². The van der Waals surface area contributed by atoms with Gasteiger partial charge in [0.15, 0.2) is 9.84 Å². The van der Waals surface area contributed by atoms with Gasteiger partial charge in [0.1, 0.15) is 11.6 Å². The van der Waals surface area contributed by atoms with Gasteiger partial charge in [-0.2, -0.15) is 0 Å². The van der Waals surface area contributed by atoms with Crippen LogP contribution in [0.4, 0.5) is 13.6 Å². The van der Waals surface area contributed by atoms with Gasteiger partial charge < -0.3 is 9.64 Å². The number of carbonyl (C=O) groups is 1. The molecule has 3 rings (SSSR count). The molecule has 0 aliphatic carbocycles. The summed E-state index contributed by atoms with van der Waals surface area (Å²) >= 11 is 5.82. The fourth-order valence-corrected chi connectivity index (χ4v) is 5.16. The lowest BCUT2D eigenvalue weighted by Crippen LogP contribution is -2.29. The first-order valence-electron chi connectivity index (χ1n) is 9.15. The van der Waals surface area contributed by atoms with Crippen molar-refractivity contribution in [3.05, 3.63) is 64.7 Å². The van der Waals surface area contributed by atoms with Gasteiger partial charge in [-0.15, -0.1) is 0 Å². The monoisotopic (exact) mass is 443 g/mol. The number of rotatable bonds is 6. The number of amides is 1. The van der Waals surface area contributed by atoms with Crippen molar-refractivity contribution in [2.24, 2.45) is 0 Å². The van der Waals surface area contributed by atoms with Crippen molar-refractivity contribution in [3.8, 4) is 0 Å². The maximum Gasteiger partial charge on any atom is 0.409 e. The molecule has 1 aliphatic rings. The fraction of sp³-hybridized carbons (Fsp3) is 0.350. The maximum absolute atomic E-state index is 14.4. The summed E-state index contributed by atoms with van der Waals surface area (Å²) in [6.45, 7) is 0.927. The highest BCUT2D eigenvalue weighted by Gasteiger charge is 2.32. The molecule has 2 aromatic rings. The molecule has 1 fully saturated rings. The van der Waals surface area contributed by atoms with Gasteiger partial charge in [0.05, 0.1) is 16.8 Å². The lowest BCUT2D eigenvalue weighted by molar-refractivity contribution is 0.109. The third-order valence-corrected chi connectivity index (χ3v) is 7.21. The van der Waals surface area contributed by atoms with Crippen molar-refractivity contribution in [3.63, 3.8) is 0 Å². The highest BCUT2D eigenvalue weighted by molar-refractivity contribution is 7.91. The number of benzene rings is 2. The maximum atomic E-state index is 14.4. The number of sulfone groups is 1. The molecule has 9 heteroatoms. The molecule has 1 atom stereocenters. The fourth-order valence-electron chi connectivity index (χ4n) is 3.27. The molecule has 2 aromatic carbocycles. The molecule has 1 aliphatic heterocycles. The Labute approximate surface area is 173 Å². The zero-order chi connectivity index (χ0) is 21.0. The van der Waals surface area contributed by atoms with Crippen LogP contribution in [-0.2, 0) is 14.6 Å². The molecule has 0 aromatic heterocycles. The van der Waals surface area contributed by atoms with E-state index in [1.54, 1.807) is 0 Å². The highest BCUT2D eigenvalue weighted by atomic mass is 35.5. The molecule has 29 heavy (non-hydrogen) atoms. The molecule has 156 valence electrons. The Morgan fingerprint density at radius 3 is 2.41 bits per heavy atom. The smallest absolute Gasteiger partial charge is 0.409 e. The molecular weight excluding hydrogens is 424 g/mol. The minimum Gasteiger partial charge on any atom is -0.449 e. The van der Waals surface area contributed by atoms with Crippen LogP contribution in [0.5, 0.6) is 0 Å². The average Bonchev–Trinajstić information content (AvgIpc) is 3.22. The van der Waals surface area contributed by atoms with Crippen LogP contribution in [0.2, 0.25) is 5.02 Å². The summed E-state index contributed by atoms with van der Waals surface area (Å²) in [7, 11) is -4.10. The zero-order valence-electron chi connectivity index (χ0n) is 15.5. The topological polar surface area (TPSA) is 63.7 Å². The Bertz CT molecular complexity index is 976. The van der Waals surface area contributed by atoms with E-state index < -0.39 is 32.8 Å². The van der Waals surface area contributed by atoms with Gasteiger partial charge in [-0.3, -0.25) is 0 Å². The summed E-state index contributed by atoms with van der Waals surface area (Å²) in [6, 6.07) is 8.07. The molecular formula is C20H20ClF2NO4S. The minimum atomic E-state index is -4.10. The first kappa shape index (κ1) is 21.5. The number of nitrogens with zero attached hydrogens (tertiary/aromatic N) is 1. The number of likely N-dealkylation sites (tertiary alicyclic amines) is 1. The molecule has 0 bridgehead atoms. The van der Waals surface area contributed by atoms with Gasteiger partial charge in [0, 0.05) is 30.1 Å². The summed E-state index contributed by atoms with van der Waals surface area (Å²) in [5.74, 6) is -1.61. The second kappa shape index (κ2) is 9.09. The second-order valence-corrected chi connectivity index (χ2v) is 9.32. The normalized spacial score (nSPS) is 15.3. The average molecular weight is 444 g/mol. The Kier molecular flexibility index (Phi) is 6.74. The summed E-state index contributed by atoms with van der Waals surface area (Å²) in [5.41, 5.74) is -0.308. The highest BCUT2D eigenvalue weighted by Crippen LogP contribution is 2.34. The molecule has 1 saturated heterocycles. The Morgan fingerprint density at radius 1 is 1.10 bits per heavy atom. The van der Waals surface area contributed by atoms with Crippen LogP contribution in [0, 0.1) is 11.6 Å². The first-order valence-corrected chi connectivity index (χ1v) is 11.1. The van der Waals surface area contributed by atoms with E-state index in [1.165, 1.54) is 29.2 Å². The van der Waals surface area contributed by atoms with Crippen LogP contribution >= 0.6 is 11.6 Å². The van der Waals surface area contributed by atoms with Gasteiger partial charge in [0.2, 0.25) is 0 Å². The zero-order valence-corrected chi connectivity index (χ0v) is 17.1. The largest absolute Gasteiger partial charge is 0.449 e. The third-order valence-electron chi connectivity index (χ3n) is 4.79. The van der Waals surface area contributed by atoms with Crippen molar-refractivity contribution in [1.82, 2.24) is 4.90 Å². The van der Waals surface area contributed by atoms with Crippen LogP contribution < -0.4 is 0 Å². The van der Waals surface area contributed by atoms with E-state index in [0.717, 1.165) is 31.0 Å². The van der Waals surface area contributed by atoms with E-state index in [2.05, 4.69) is 0 Å². The Balaban J connectivity index is 1.86. The van der Waals surface area contributed by atoms with Gasteiger partial charge >= 0.3 is 6.09 Å². The molecule has 0 spiro atoms. The third kappa shape index (κ3) is 5.05. The van der Waals surface area contributed by atoms with Gasteiger partial charge in [0.25, 0.3) is 0 Å². The van der Waals surface area contributed by atoms with E-state index in [4.69, 9.17) is 16.3 Å². The number of ether oxygens (including phenoxy) is 1. The molecule has 5 nitrogen and oxygen atoms in total. The van der Waals surface area contributed by atoms with E-state index in [0.29, 0.717) is 18.1 Å². The van der Waals surface area contributed by atoms with Gasteiger partial charge in [-0.05, 0) is 55.3 Å². The molecule has 1 heterocycles. The standard InChI is InChI=1S/C20H20ClF2NO4S/c21-14-3-6-16(7-4-14)29(26,27)19(17-13-15(22)5-8-18(17)23)9-12-28-20(25)24-10-1-2-11-24/h3-8,13,19H,1-2,9-12H2/t19-/m1/s1. The Morgan fingerprint density at radius 2 is 1.76 bits per heavy atom. The Hall–Kier alpha value is -2.19. The number of hydrogen-bond donors (Lipinski definition) is 0. The predicted octanol–water partition coefficient (Wildman–Crippen LogP) is 4.76. The summed E-state index contributed by atoms with van der Waals surface area (Å²) < 4.78 is 59.6. The van der Waals surface area contributed by atoms with E-state index in [-0.39, 0.29) is 23.5 Å². The van der Waals surface area contributed by atoms with Gasteiger partial charge in [-0.1, -0.05) is 11.6 Å². The van der Waals surface area contributed by atoms with Crippen molar-refractivity contribution < 1.29 is 26.7 Å². The number of hydrogen-bond acceptors (Lipinski definition) is 4. The quantitative estimate of drug-likeness (QED) is 0.646. The first-order chi connectivity index (χ1) is 13.8. The van der Waals surface area contributed by atoms with Crippen molar-refractivity contribution >= 4 is 27.5 Å².